The van der Waals surface area contributed by atoms with Gasteiger partial charge in [0.2, 0.25) is 0 Å². The van der Waals surface area contributed by atoms with E-state index in [2.05, 4.69) is 38.3 Å². The second-order valence-electron chi connectivity index (χ2n) is 12.4. The summed E-state index contributed by atoms with van der Waals surface area (Å²) in [4.78, 5) is 46.5. The van der Waals surface area contributed by atoms with Gasteiger partial charge in [0.05, 0.1) is 7.11 Å². The summed E-state index contributed by atoms with van der Waals surface area (Å²) in [6.45, 7) is 12.7. The summed E-state index contributed by atoms with van der Waals surface area (Å²) < 4.78 is 15.6. The molecule has 6 unspecified atom stereocenters. The predicted molar refractivity (Wildman–Crippen MR) is 157 cm³/mol. The number of esters is 1. The Kier molecular flexibility index (Phi) is 17.4. The van der Waals surface area contributed by atoms with Crippen LogP contribution in [0.25, 0.3) is 0 Å². The number of carbonyl (C=O) groups is 4. The molecule has 0 aliphatic heterocycles. The van der Waals surface area contributed by atoms with Gasteiger partial charge in [-0.25, -0.2) is 19.2 Å². The van der Waals surface area contributed by atoms with E-state index in [9.17, 15) is 19.2 Å². The number of hydrogen-bond acceptors (Lipinski definition) is 7. The summed E-state index contributed by atoms with van der Waals surface area (Å²) in [5.41, 5.74) is 0. The molecule has 2 rings (SSSR count). The minimum atomic E-state index is -0.999. The van der Waals surface area contributed by atoms with Crippen molar-refractivity contribution in [3.63, 3.8) is 0 Å². The maximum absolute atomic E-state index is 12.0. The second-order valence-corrected chi connectivity index (χ2v) is 12.4. The van der Waals surface area contributed by atoms with Gasteiger partial charge >= 0.3 is 24.1 Å². The van der Waals surface area contributed by atoms with Crippen molar-refractivity contribution in [2.75, 3.05) is 7.11 Å². The Hall–Kier alpha value is -2.52. The van der Waals surface area contributed by atoms with E-state index < -0.39 is 36.2 Å². The second kappa shape index (κ2) is 19.6. The molecule has 10 heteroatoms. The molecule has 0 radical (unpaired) electrons. The van der Waals surface area contributed by atoms with Crippen LogP contribution in [0.15, 0.2) is 0 Å². The maximum atomic E-state index is 12.0. The summed E-state index contributed by atoms with van der Waals surface area (Å²) in [6, 6.07) is -1.46. The van der Waals surface area contributed by atoms with E-state index >= 15 is 0 Å². The van der Waals surface area contributed by atoms with Gasteiger partial charge in [-0.3, -0.25) is 0 Å². The van der Waals surface area contributed by atoms with Crippen molar-refractivity contribution in [1.29, 1.82) is 0 Å². The van der Waals surface area contributed by atoms with Gasteiger partial charge in [0.1, 0.15) is 24.3 Å². The van der Waals surface area contributed by atoms with Gasteiger partial charge in [-0.05, 0) is 75.0 Å². The predicted octanol–water partition coefficient (Wildman–Crippen LogP) is 6.45. The quantitative estimate of drug-likeness (QED) is 0.176. The molecule has 0 aromatic heterocycles. The number of rotatable bonds is 12. The monoisotopic (exact) mass is 584 g/mol. The van der Waals surface area contributed by atoms with Crippen LogP contribution in [0, 0.1) is 23.7 Å². The molecule has 0 spiro atoms. The number of carbonyl (C=O) groups excluding carboxylic acids is 3. The van der Waals surface area contributed by atoms with Crippen LogP contribution in [0.2, 0.25) is 0 Å². The van der Waals surface area contributed by atoms with Gasteiger partial charge in [-0.15, -0.1) is 0 Å². The molecule has 6 atom stereocenters. The van der Waals surface area contributed by atoms with Gasteiger partial charge in [-0.1, -0.05) is 67.2 Å². The van der Waals surface area contributed by atoms with Gasteiger partial charge in [0, 0.05) is 0 Å². The molecule has 2 aliphatic carbocycles. The third-order valence-corrected chi connectivity index (χ3v) is 7.88. The zero-order valence-corrected chi connectivity index (χ0v) is 26.4. The highest BCUT2D eigenvalue weighted by atomic mass is 16.6. The third-order valence-electron chi connectivity index (χ3n) is 7.88. The molecule has 0 heterocycles. The molecule has 0 saturated heterocycles. The van der Waals surface area contributed by atoms with Crippen LogP contribution < -0.4 is 10.6 Å². The van der Waals surface area contributed by atoms with E-state index in [0.717, 1.165) is 57.8 Å². The number of amides is 2. The fourth-order valence-corrected chi connectivity index (χ4v) is 6.06. The molecule has 0 bridgehead atoms. The molecule has 0 aromatic rings. The fourth-order valence-electron chi connectivity index (χ4n) is 6.06. The summed E-state index contributed by atoms with van der Waals surface area (Å²) in [5.74, 6) is 0.830. The highest BCUT2D eigenvalue weighted by Crippen LogP contribution is 2.31. The first-order valence-corrected chi connectivity index (χ1v) is 15.6. The number of carboxylic acids is 1. The van der Waals surface area contributed by atoms with Gasteiger partial charge in [-0.2, -0.15) is 0 Å². The van der Waals surface area contributed by atoms with Crippen molar-refractivity contribution >= 4 is 24.1 Å². The summed E-state index contributed by atoms with van der Waals surface area (Å²) in [5, 5.41) is 14.2. The number of unbranched alkanes of at least 4 members (excludes halogenated alkanes) is 2. The first kappa shape index (κ1) is 36.5. The van der Waals surface area contributed by atoms with Gasteiger partial charge in [0.25, 0.3) is 0 Å². The van der Waals surface area contributed by atoms with Gasteiger partial charge in [0.15, 0.2) is 0 Å². The Morgan fingerprint density at radius 3 is 1.39 bits per heavy atom. The van der Waals surface area contributed by atoms with E-state index in [1.54, 1.807) is 0 Å². The van der Waals surface area contributed by atoms with E-state index in [0.29, 0.717) is 36.5 Å². The lowest BCUT2D eigenvalue weighted by atomic mass is 9.82. The molecule has 2 amide bonds. The van der Waals surface area contributed by atoms with Crippen molar-refractivity contribution in [2.45, 2.75) is 143 Å². The minimum Gasteiger partial charge on any atom is -0.480 e. The number of carboxylic acid groups (broad SMARTS) is 1. The van der Waals surface area contributed by atoms with Crippen molar-refractivity contribution in [1.82, 2.24) is 10.6 Å². The Labute approximate surface area is 247 Å². The molecular formula is C31H56N2O8. The molecule has 238 valence electrons. The fraction of sp³-hybridized carbons (Fsp3) is 0.871. The highest BCUT2D eigenvalue weighted by Gasteiger charge is 2.29. The molecule has 2 aliphatic rings. The van der Waals surface area contributed by atoms with Crippen LogP contribution in [-0.4, -0.2) is 60.6 Å². The minimum absolute atomic E-state index is 0.0479. The number of ether oxygens (including phenoxy) is 3. The molecule has 10 nitrogen and oxygen atoms in total. The van der Waals surface area contributed by atoms with Crippen molar-refractivity contribution in [3.8, 4) is 0 Å². The summed E-state index contributed by atoms with van der Waals surface area (Å²) in [7, 11) is 1.33. The number of nitrogens with one attached hydrogen (secondary N) is 2. The van der Waals surface area contributed by atoms with Crippen molar-refractivity contribution < 1.29 is 38.5 Å². The largest absolute Gasteiger partial charge is 0.480 e. The van der Waals surface area contributed by atoms with Crippen LogP contribution in [0.4, 0.5) is 9.59 Å². The number of hydrogen-bond donors (Lipinski definition) is 3. The Morgan fingerprint density at radius 2 is 1.05 bits per heavy atom. The average Bonchev–Trinajstić information content (AvgIpc) is 2.87. The number of aliphatic carboxylic acids is 1. The van der Waals surface area contributed by atoms with Crippen molar-refractivity contribution in [3.05, 3.63) is 0 Å². The lowest BCUT2D eigenvalue weighted by Gasteiger charge is -2.31. The lowest BCUT2D eigenvalue weighted by Crippen LogP contribution is -2.43. The molecule has 3 N–H and O–H groups in total. The molecule has 2 saturated carbocycles. The number of methoxy groups -OCH3 is 1. The zero-order valence-electron chi connectivity index (χ0n) is 26.4. The molecule has 0 aromatic carbocycles. The first-order valence-electron chi connectivity index (χ1n) is 15.6. The van der Waals surface area contributed by atoms with E-state index in [-0.39, 0.29) is 12.2 Å². The molecule has 41 heavy (non-hydrogen) atoms. The Balaban J connectivity index is 0.000000410. The molecular weight excluding hydrogens is 528 g/mol. The van der Waals surface area contributed by atoms with E-state index in [4.69, 9.17) is 19.3 Å². The zero-order chi connectivity index (χ0) is 30.9. The lowest BCUT2D eigenvalue weighted by molar-refractivity contribution is -0.143. The topological polar surface area (TPSA) is 140 Å². The summed E-state index contributed by atoms with van der Waals surface area (Å²) >= 11 is 0. The van der Waals surface area contributed by atoms with Crippen molar-refractivity contribution in [2.24, 2.45) is 23.7 Å². The van der Waals surface area contributed by atoms with Crippen LogP contribution in [0.3, 0.4) is 0 Å². The summed E-state index contributed by atoms with van der Waals surface area (Å²) in [6.07, 6.45) is 9.15. The standard InChI is InChI=1S/C16H29NO4.C15H27NO4/c1-5-6-7-14(15(18)20-4)17-16(19)21-13-9-11(2)8-12(3)10-13;1-4-5-6-13(14(17)18)16-15(19)20-12-8-10(2)7-11(3)9-12/h11-14H,5-10H2,1-4H3,(H,17,19);10-13H,4-9H2,1-3H3,(H,16,19)(H,17,18). The SMILES string of the molecule is CCCCC(NC(=O)OC1CC(C)CC(C)C1)C(=O)O.CCCCC(NC(=O)OC1CC(C)CC(C)C1)C(=O)OC. The third kappa shape index (κ3) is 15.3. The molecule has 2 fully saturated rings. The van der Waals surface area contributed by atoms with Crippen LogP contribution in [0.5, 0.6) is 0 Å². The van der Waals surface area contributed by atoms with Crippen LogP contribution in [0.1, 0.15) is 119 Å². The van der Waals surface area contributed by atoms with Crippen LogP contribution >= 0.6 is 0 Å². The smallest absolute Gasteiger partial charge is 0.408 e. The van der Waals surface area contributed by atoms with Gasteiger partial charge < -0.3 is 30.0 Å². The van der Waals surface area contributed by atoms with Crippen LogP contribution in [-0.2, 0) is 23.8 Å². The Morgan fingerprint density at radius 1 is 0.683 bits per heavy atom. The van der Waals surface area contributed by atoms with E-state index in [1.165, 1.54) is 13.5 Å². The normalized spacial score (nSPS) is 27.2. The number of alkyl carbamates (subject to hydrolysis) is 2. The first-order chi connectivity index (χ1) is 19.4. The highest BCUT2D eigenvalue weighted by molar-refractivity contribution is 5.81. The van der Waals surface area contributed by atoms with E-state index in [1.807, 2.05) is 13.8 Å². The Bertz CT molecular complexity index is 787. The average molecular weight is 585 g/mol. The maximum Gasteiger partial charge on any atom is 0.408 e.